The van der Waals surface area contributed by atoms with Crippen LogP contribution in [0.2, 0.25) is 5.02 Å². The molecule has 1 aliphatic rings. The van der Waals surface area contributed by atoms with Gasteiger partial charge in [0.15, 0.2) is 0 Å². The van der Waals surface area contributed by atoms with Crippen LogP contribution in [0.25, 0.3) is 0 Å². The van der Waals surface area contributed by atoms with Gasteiger partial charge in [0, 0.05) is 23.7 Å². The van der Waals surface area contributed by atoms with Crippen molar-refractivity contribution in [2.45, 2.75) is 12.6 Å². The Morgan fingerprint density at radius 1 is 1.12 bits per heavy atom. The second-order valence-corrected chi connectivity index (χ2v) is 6.42. The van der Waals surface area contributed by atoms with E-state index in [9.17, 15) is 18.0 Å². The standard InChI is InChI=1S/C18H15ClF3NO/c19-16-6-4-12(5-7-16)8-13-10-23(11-13)17(24)14-2-1-3-15(9-14)18(20,21)22/h1-7,9,13H,8,10-11H2. The van der Waals surface area contributed by atoms with Crippen LogP contribution in [0.3, 0.4) is 0 Å². The smallest absolute Gasteiger partial charge is 0.338 e. The van der Waals surface area contributed by atoms with Crippen molar-refractivity contribution in [2.75, 3.05) is 13.1 Å². The van der Waals surface area contributed by atoms with Gasteiger partial charge >= 0.3 is 6.18 Å². The summed E-state index contributed by atoms with van der Waals surface area (Å²) in [5.41, 5.74) is 0.414. The van der Waals surface area contributed by atoms with Crippen molar-refractivity contribution in [1.82, 2.24) is 4.90 Å². The van der Waals surface area contributed by atoms with E-state index in [1.807, 2.05) is 24.3 Å². The lowest BCUT2D eigenvalue weighted by molar-refractivity contribution is -0.137. The minimum atomic E-state index is -4.44. The zero-order valence-corrected chi connectivity index (χ0v) is 13.4. The second kappa shape index (κ2) is 6.48. The van der Waals surface area contributed by atoms with E-state index in [0.717, 1.165) is 24.1 Å². The average molecular weight is 354 g/mol. The summed E-state index contributed by atoms with van der Waals surface area (Å²) in [6.07, 6.45) is -3.62. The van der Waals surface area contributed by atoms with Gasteiger partial charge in [-0.3, -0.25) is 4.79 Å². The maximum Gasteiger partial charge on any atom is 0.416 e. The number of carbonyl (C=O) groups excluding carboxylic acids is 1. The summed E-state index contributed by atoms with van der Waals surface area (Å²) in [5.74, 6) is -0.0330. The van der Waals surface area contributed by atoms with E-state index >= 15 is 0 Å². The highest BCUT2D eigenvalue weighted by molar-refractivity contribution is 6.30. The number of alkyl halides is 3. The third kappa shape index (κ3) is 3.73. The third-order valence-corrected chi connectivity index (χ3v) is 4.37. The Morgan fingerprint density at radius 3 is 2.42 bits per heavy atom. The Balaban J connectivity index is 1.59. The van der Waals surface area contributed by atoms with Crippen LogP contribution in [0, 0.1) is 5.92 Å². The van der Waals surface area contributed by atoms with Gasteiger partial charge < -0.3 is 4.90 Å². The van der Waals surface area contributed by atoms with Crippen molar-refractivity contribution < 1.29 is 18.0 Å². The van der Waals surface area contributed by atoms with Gasteiger partial charge in [0.25, 0.3) is 5.91 Å². The molecule has 1 saturated heterocycles. The van der Waals surface area contributed by atoms with Gasteiger partial charge in [0.1, 0.15) is 0 Å². The van der Waals surface area contributed by atoms with E-state index in [-0.39, 0.29) is 11.5 Å². The van der Waals surface area contributed by atoms with Crippen LogP contribution in [0.1, 0.15) is 21.5 Å². The number of hydrogen-bond donors (Lipinski definition) is 0. The molecular formula is C18H15ClF3NO. The van der Waals surface area contributed by atoms with Crippen LogP contribution in [-0.2, 0) is 12.6 Å². The molecule has 0 saturated carbocycles. The van der Waals surface area contributed by atoms with Gasteiger partial charge in [-0.2, -0.15) is 13.2 Å². The first kappa shape index (κ1) is 16.8. The fourth-order valence-electron chi connectivity index (χ4n) is 2.83. The largest absolute Gasteiger partial charge is 0.416 e. The number of benzene rings is 2. The number of amides is 1. The lowest BCUT2D eigenvalue weighted by atomic mass is 9.91. The summed E-state index contributed by atoms with van der Waals surface area (Å²) in [6.45, 7) is 1.11. The summed E-state index contributed by atoms with van der Waals surface area (Å²) in [6, 6.07) is 12.1. The molecule has 0 bridgehead atoms. The second-order valence-electron chi connectivity index (χ2n) is 5.99. The third-order valence-electron chi connectivity index (χ3n) is 4.12. The van der Waals surface area contributed by atoms with E-state index in [4.69, 9.17) is 11.6 Å². The van der Waals surface area contributed by atoms with Crippen molar-refractivity contribution in [1.29, 1.82) is 0 Å². The molecule has 0 unspecified atom stereocenters. The molecule has 0 N–H and O–H groups in total. The summed E-state index contributed by atoms with van der Waals surface area (Å²) < 4.78 is 38.2. The number of halogens is 4. The Hall–Kier alpha value is -2.01. The summed E-state index contributed by atoms with van der Waals surface area (Å²) in [5, 5.41) is 0.675. The minimum Gasteiger partial charge on any atom is -0.338 e. The Bertz CT molecular complexity index is 737. The predicted octanol–water partition coefficient (Wildman–Crippen LogP) is 4.67. The molecule has 2 aromatic rings. The van der Waals surface area contributed by atoms with E-state index < -0.39 is 11.7 Å². The van der Waals surface area contributed by atoms with Crippen LogP contribution >= 0.6 is 11.6 Å². The number of likely N-dealkylation sites (tertiary alicyclic amines) is 1. The van der Waals surface area contributed by atoms with Crippen molar-refractivity contribution in [3.63, 3.8) is 0 Å². The van der Waals surface area contributed by atoms with Crippen molar-refractivity contribution in [3.05, 3.63) is 70.2 Å². The molecule has 1 heterocycles. The highest BCUT2D eigenvalue weighted by atomic mass is 35.5. The lowest BCUT2D eigenvalue weighted by Gasteiger charge is -2.39. The van der Waals surface area contributed by atoms with E-state index in [0.29, 0.717) is 24.0 Å². The molecule has 1 fully saturated rings. The highest BCUT2D eigenvalue weighted by Gasteiger charge is 2.34. The van der Waals surface area contributed by atoms with Crippen molar-refractivity contribution in [2.24, 2.45) is 5.92 Å². The van der Waals surface area contributed by atoms with Crippen LogP contribution in [0.15, 0.2) is 48.5 Å². The Kier molecular flexibility index (Phi) is 4.54. The SMILES string of the molecule is O=C(c1cccc(C(F)(F)F)c1)N1CC(Cc2ccc(Cl)cc2)C1. The zero-order valence-electron chi connectivity index (χ0n) is 12.7. The monoisotopic (exact) mass is 353 g/mol. The van der Waals surface area contributed by atoms with Crippen LogP contribution in [0.4, 0.5) is 13.2 Å². The maximum absolute atomic E-state index is 12.7. The lowest BCUT2D eigenvalue weighted by Crippen LogP contribution is -2.50. The molecule has 0 aromatic heterocycles. The first-order valence-electron chi connectivity index (χ1n) is 7.54. The fraction of sp³-hybridized carbons (Fsp3) is 0.278. The van der Waals surface area contributed by atoms with Crippen LogP contribution in [-0.4, -0.2) is 23.9 Å². The molecule has 6 heteroatoms. The maximum atomic E-state index is 12.7. The molecular weight excluding hydrogens is 339 g/mol. The normalized spacial score (nSPS) is 15.2. The molecule has 3 rings (SSSR count). The molecule has 0 radical (unpaired) electrons. The van der Waals surface area contributed by atoms with Crippen molar-refractivity contribution >= 4 is 17.5 Å². The molecule has 2 aromatic carbocycles. The summed E-state index contributed by atoms with van der Waals surface area (Å²) in [4.78, 5) is 13.9. The molecule has 1 aliphatic heterocycles. The molecule has 0 atom stereocenters. The topological polar surface area (TPSA) is 20.3 Å². The Labute approximate surface area is 142 Å². The number of carbonyl (C=O) groups is 1. The number of hydrogen-bond acceptors (Lipinski definition) is 1. The molecule has 0 aliphatic carbocycles. The fourth-order valence-corrected chi connectivity index (χ4v) is 2.96. The van der Waals surface area contributed by atoms with Gasteiger partial charge in [-0.25, -0.2) is 0 Å². The van der Waals surface area contributed by atoms with Gasteiger partial charge in [-0.15, -0.1) is 0 Å². The van der Waals surface area contributed by atoms with Crippen molar-refractivity contribution in [3.8, 4) is 0 Å². The average Bonchev–Trinajstić information content (AvgIpc) is 2.51. The quantitative estimate of drug-likeness (QED) is 0.785. The van der Waals surface area contributed by atoms with E-state index in [1.165, 1.54) is 12.1 Å². The predicted molar refractivity (Wildman–Crippen MR) is 86.0 cm³/mol. The van der Waals surface area contributed by atoms with Crippen LogP contribution < -0.4 is 0 Å². The summed E-state index contributed by atoms with van der Waals surface area (Å²) >= 11 is 5.84. The Morgan fingerprint density at radius 2 is 1.79 bits per heavy atom. The van der Waals surface area contributed by atoms with Gasteiger partial charge in [0.05, 0.1) is 5.56 Å². The zero-order chi connectivity index (χ0) is 17.3. The molecule has 0 spiro atoms. The molecule has 2 nitrogen and oxygen atoms in total. The molecule has 126 valence electrons. The van der Waals surface area contributed by atoms with Crippen LogP contribution in [0.5, 0.6) is 0 Å². The number of nitrogens with zero attached hydrogens (tertiary/aromatic N) is 1. The first-order chi connectivity index (χ1) is 11.3. The molecule has 1 amide bonds. The van der Waals surface area contributed by atoms with E-state index in [1.54, 1.807) is 4.90 Å². The number of rotatable bonds is 3. The molecule has 24 heavy (non-hydrogen) atoms. The minimum absolute atomic E-state index is 0.0785. The van der Waals surface area contributed by atoms with E-state index in [2.05, 4.69) is 0 Å². The van der Waals surface area contributed by atoms with Gasteiger partial charge in [-0.1, -0.05) is 29.8 Å². The van der Waals surface area contributed by atoms with Gasteiger partial charge in [0.2, 0.25) is 0 Å². The van der Waals surface area contributed by atoms with Gasteiger partial charge in [-0.05, 0) is 48.2 Å². The highest BCUT2D eigenvalue weighted by Crippen LogP contribution is 2.30. The first-order valence-corrected chi connectivity index (χ1v) is 7.92. The summed E-state index contributed by atoms with van der Waals surface area (Å²) in [7, 11) is 0.